The second-order valence-corrected chi connectivity index (χ2v) is 5.17. The van der Waals surface area contributed by atoms with Crippen LogP contribution in [0.1, 0.15) is 19.4 Å². The van der Waals surface area contributed by atoms with Crippen LogP contribution < -0.4 is 10.5 Å². The maximum Gasteiger partial charge on any atom is 0.319 e. The van der Waals surface area contributed by atoms with Gasteiger partial charge in [0.2, 0.25) is 0 Å². The molecule has 0 amide bonds. The number of nitrogens with zero attached hydrogens (tertiary/aromatic N) is 1. The van der Waals surface area contributed by atoms with Gasteiger partial charge in [0.15, 0.2) is 0 Å². The first-order valence-corrected chi connectivity index (χ1v) is 7.29. The summed E-state index contributed by atoms with van der Waals surface area (Å²) in [6.07, 6.45) is 0.876. The summed E-state index contributed by atoms with van der Waals surface area (Å²) in [6, 6.07) is 8.21. The summed E-state index contributed by atoms with van der Waals surface area (Å²) in [7, 11) is 1.40. The minimum atomic E-state index is -0.227. The van der Waals surface area contributed by atoms with Crippen molar-refractivity contribution < 1.29 is 14.3 Å². The van der Waals surface area contributed by atoms with Crippen LogP contribution in [0, 0.1) is 0 Å². The van der Waals surface area contributed by atoms with E-state index in [1.165, 1.54) is 12.7 Å². The predicted octanol–water partition coefficient (Wildman–Crippen LogP) is 1.45. The fourth-order valence-corrected chi connectivity index (χ4v) is 1.95. The maximum atomic E-state index is 11.3. The highest BCUT2D eigenvalue weighted by molar-refractivity contribution is 5.71. The van der Waals surface area contributed by atoms with Crippen molar-refractivity contribution in [3.05, 3.63) is 29.8 Å². The number of carbonyl (C=O) groups excluding carboxylic acids is 1. The first kappa shape index (κ1) is 17.5. The predicted molar refractivity (Wildman–Crippen MR) is 83.4 cm³/mol. The third-order valence-electron chi connectivity index (χ3n) is 3.29. The van der Waals surface area contributed by atoms with Crippen LogP contribution in [0.4, 0.5) is 0 Å². The van der Waals surface area contributed by atoms with Crippen molar-refractivity contribution >= 4 is 5.97 Å². The van der Waals surface area contributed by atoms with Crippen LogP contribution >= 0.6 is 0 Å². The van der Waals surface area contributed by atoms with Gasteiger partial charge in [-0.25, -0.2) is 0 Å². The molecule has 0 bridgehead atoms. The molecule has 0 aliphatic carbocycles. The monoisotopic (exact) mass is 294 g/mol. The molecule has 2 N–H and O–H groups in total. The zero-order chi connectivity index (χ0) is 15.7. The smallest absolute Gasteiger partial charge is 0.319 e. The molecule has 0 aliphatic rings. The maximum absolute atomic E-state index is 11.3. The lowest BCUT2D eigenvalue weighted by Crippen LogP contribution is -2.38. The third-order valence-corrected chi connectivity index (χ3v) is 3.29. The summed E-state index contributed by atoms with van der Waals surface area (Å²) in [5, 5.41) is 0. The molecule has 0 atom stereocenters. The molecule has 0 saturated carbocycles. The van der Waals surface area contributed by atoms with Gasteiger partial charge in [0.05, 0.1) is 13.7 Å². The van der Waals surface area contributed by atoms with Crippen molar-refractivity contribution in [1.29, 1.82) is 0 Å². The molecular formula is C16H26N2O3. The Labute approximate surface area is 127 Å². The average molecular weight is 294 g/mol. The molecule has 0 spiro atoms. The van der Waals surface area contributed by atoms with E-state index >= 15 is 0 Å². The summed E-state index contributed by atoms with van der Waals surface area (Å²) in [5.74, 6) is 0.604. The van der Waals surface area contributed by atoms with Gasteiger partial charge in [-0.1, -0.05) is 12.1 Å². The lowest BCUT2D eigenvalue weighted by atomic mass is 10.1. The summed E-state index contributed by atoms with van der Waals surface area (Å²) in [6.45, 7) is 6.24. The number of hydrogen-bond donors (Lipinski definition) is 1. The Balaban J connectivity index is 2.40. The van der Waals surface area contributed by atoms with Gasteiger partial charge >= 0.3 is 5.97 Å². The molecule has 0 saturated heterocycles. The minimum absolute atomic E-state index is 0.227. The molecule has 118 valence electrons. The van der Waals surface area contributed by atoms with Crippen molar-refractivity contribution in [2.45, 2.75) is 26.3 Å². The van der Waals surface area contributed by atoms with Gasteiger partial charge in [0, 0.05) is 12.6 Å². The number of nitrogens with two attached hydrogens (primary N) is 1. The van der Waals surface area contributed by atoms with E-state index in [9.17, 15) is 4.79 Å². The molecule has 5 nitrogen and oxygen atoms in total. The summed E-state index contributed by atoms with van der Waals surface area (Å²) < 4.78 is 10.4. The summed E-state index contributed by atoms with van der Waals surface area (Å²) in [4.78, 5) is 13.4. The number of esters is 1. The topological polar surface area (TPSA) is 64.8 Å². The van der Waals surface area contributed by atoms with E-state index in [2.05, 4.69) is 0 Å². The minimum Gasteiger partial charge on any atom is -0.492 e. The SMILES string of the molecule is COC(=O)CN(CCOc1ccc(CCN)cc1)C(C)C. The molecule has 0 fully saturated rings. The molecule has 0 radical (unpaired) electrons. The molecule has 1 aromatic rings. The Hall–Kier alpha value is -1.59. The van der Waals surface area contributed by atoms with E-state index in [-0.39, 0.29) is 18.6 Å². The molecule has 1 aromatic carbocycles. The number of ether oxygens (including phenoxy) is 2. The van der Waals surface area contributed by atoms with Crippen LogP contribution in [0.15, 0.2) is 24.3 Å². The zero-order valence-electron chi connectivity index (χ0n) is 13.2. The van der Waals surface area contributed by atoms with Crippen LogP contribution in [-0.4, -0.2) is 50.3 Å². The second-order valence-electron chi connectivity index (χ2n) is 5.17. The van der Waals surface area contributed by atoms with Gasteiger partial charge < -0.3 is 15.2 Å². The fraction of sp³-hybridized carbons (Fsp3) is 0.562. The molecule has 0 aromatic heterocycles. The Bertz CT molecular complexity index is 418. The number of hydrogen-bond acceptors (Lipinski definition) is 5. The lowest BCUT2D eigenvalue weighted by Gasteiger charge is -2.24. The quantitative estimate of drug-likeness (QED) is 0.698. The van der Waals surface area contributed by atoms with Crippen LogP contribution in [0.25, 0.3) is 0 Å². The highest BCUT2D eigenvalue weighted by Gasteiger charge is 2.14. The van der Waals surface area contributed by atoms with Gasteiger partial charge in [0.1, 0.15) is 12.4 Å². The summed E-state index contributed by atoms with van der Waals surface area (Å²) in [5.41, 5.74) is 6.72. The standard InChI is InChI=1S/C16H26N2O3/c1-13(2)18(12-16(19)20-3)10-11-21-15-6-4-14(5-7-15)8-9-17/h4-7,13H,8-12,17H2,1-3H3. The largest absolute Gasteiger partial charge is 0.492 e. The lowest BCUT2D eigenvalue weighted by molar-refractivity contribution is -0.142. The Kier molecular flexibility index (Phi) is 7.79. The Morgan fingerprint density at radius 2 is 1.95 bits per heavy atom. The van der Waals surface area contributed by atoms with Gasteiger partial charge in [-0.05, 0) is 44.5 Å². The number of carbonyl (C=O) groups is 1. The van der Waals surface area contributed by atoms with Crippen LogP contribution in [-0.2, 0) is 16.0 Å². The first-order valence-electron chi connectivity index (χ1n) is 7.29. The van der Waals surface area contributed by atoms with Crippen LogP contribution in [0.2, 0.25) is 0 Å². The van der Waals surface area contributed by atoms with Crippen LogP contribution in [0.5, 0.6) is 5.75 Å². The summed E-state index contributed by atoms with van der Waals surface area (Å²) >= 11 is 0. The van der Waals surface area contributed by atoms with E-state index in [0.29, 0.717) is 19.7 Å². The van der Waals surface area contributed by atoms with Crippen molar-refractivity contribution in [1.82, 2.24) is 4.90 Å². The van der Waals surface area contributed by atoms with E-state index in [1.54, 1.807) is 0 Å². The average Bonchev–Trinajstić information content (AvgIpc) is 2.47. The fourth-order valence-electron chi connectivity index (χ4n) is 1.95. The molecule has 0 unspecified atom stereocenters. The van der Waals surface area contributed by atoms with E-state index in [1.807, 2.05) is 43.0 Å². The third kappa shape index (κ3) is 6.60. The molecule has 1 rings (SSSR count). The normalized spacial score (nSPS) is 11.0. The molecular weight excluding hydrogens is 268 g/mol. The Morgan fingerprint density at radius 1 is 1.29 bits per heavy atom. The van der Waals surface area contributed by atoms with E-state index < -0.39 is 0 Å². The highest BCUT2D eigenvalue weighted by atomic mass is 16.5. The van der Waals surface area contributed by atoms with Crippen molar-refractivity contribution in [3.63, 3.8) is 0 Å². The van der Waals surface area contributed by atoms with Gasteiger partial charge in [-0.2, -0.15) is 0 Å². The molecule has 0 heterocycles. The zero-order valence-corrected chi connectivity index (χ0v) is 13.2. The van der Waals surface area contributed by atoms with E-state index in [4.69, 9.17) is 15.2 Å². The van der Waals surface area contributed by atoms with Crippen molar-refractivity contribution in [2.75, 3.05) is 33.4 Å². The van der Waals surface area contributed by atoms with Gasteiger partial charge in [0.25, 0.3) is 0 Å². The first-order chi connectivity index (χ1) is 10.1. The van der Waals surface area contributed by atoms with Gasteiger partial charge in [-0.15, -0.1) is 0 Å². The molecule has 5 heteroatoms. The molecule has 0 aliphatic heterocycles. The number of rotatable bonds is 9. The number of benzene rings is 1. The molecule has 21 heavy (non-hydrogen) atoms. The van der Waals surface area contributed by atoms with Crippen molar-refractivity contribution in [2.24, 2.45) is 5.73 Å². The van der Waals surface area contributed by atoms with Crippen LogP contribution in [0.3, 0.4) is 0 Å². The number of methoxy groups -OCH3 is 1. The van der Waals surface area contributed by atoms with E-state index in [0.717, 1.165) is 12.2 Å². The second kappa shape index (κ2) is 9.37. The van der Waals surface area contributed by atoms with Crippen molar-refractivity contribution in [3.8, 4) is 5.75 Å². The Morgan fingerprint density at radius 3 is 2.48 bits per heavy atom. The van der Waals surface area contributed by atoms with Gasteiger partial charge in [-0.3, -0.25) is 9.69 Å². The highest BCUT2D eigenvalue weighted by Crippen LogP contribution is 2.12.